The summed E-state index contributed by atoms with van der Waals surface area (Å²) >= 11 is 0. The van der Waals surface area contributed by atoms with E-state index in [-0.39, 0.29) is 30.9 Å². The summed E-state index contributed by atoms with van der Waals surface area (Å²) in [7, 11) is 0. The second-order valence-electron chi connectivity index (χ2n) is 10.9. The highest BCUT2D eigenvalue weighted by Crippen LogP contribution is 2.45. The Morgan fingerprint density at radius 2 is 1.94 bits per heavy atom. The molecule has 0 spiro atoms. The van der Waals surface area contributed by atoms with Gasteiger partial charge in [0.2, 0.25) is 5.91 Å². The zero-order valence-electron chi connectivity index (χ0n) is 22.4. The van der Waals surface area contributed by atoms with E-state index in [0.717, 1.165) is 25.7 Å². The summed E-state index contributed by atoms with van der Waals surface area (Å²) in [5.41, 5.74) is -1.72. The van der Waals surface area contributed by atoms with Gasteiger partial charge >= 0.3 is 12.1 Å². The van der Waals surface area contributed by atoms with E-state index in [4.69, 9.17) is 9.47 Å². The van der Waals surface area contributed by atoms with E-state index in [9.17, 15) is 19.5 Å². The van der Waals surface area contributed by atoms with Gasteiger partial charge in [0.25, 0.3) is 0 Å². The van der Waals surface area contributed by atoms with E-state index in [1.54, 1.807) is 13.0 Å². The van der Waals surface area contributed by atoms with Crippen LogP contribution in [0.15, 0.2) is 25.3 Å². The van der Waals surface area contributed by atoms with Crippen LogP contribution in [0.5, 0.6) is 0 Å². The molecule has 0 aromatic carbocycles. The lowest BCUT2D eigenvalue weighted by Crippen LogP contribution is -2.54. The van der Waals surface area contributed by atoms with Crippen LogP contribution in [-0.2, 0) is 19.1 Å². The zero-order valence-corrected chi connectivity index (χ0v) is 22.4. The lowest BCUT2D eigenvalue weighted by molar-refractivity contribution is -0.149. The summed E-state index contributed by atoms with van der Waals surface area (Å²) < 4.78 is 10.7. The summed E-state index contributed by atoms with van der Waals surface area (Å²) in [4.78, 5) is 40.3. The van der Waals surface area contributed by atoms with Gasteiger partial charge in [0.15, 0.2) is 0 Å². The number of esters is 1. The third kappa shape index (κ3) is 8.62. The number of carbonyl (C=O) groups is 3. The van der Waals surface area contributed by atoms with E-state index in [1.807, 2.05) is 31.7 Å². The number of hydrogen-bond acceptors (Lipinski definition) is 7. The first-order chi connectivity index (χ1) is 17.0. The van der Waals surface area contributed by atoms with Gasteiger partial charge < -0.3 is 25.2 Å². The van der Waals surface area contributed by atoms with Gasteiger partial charge in [-0.2, -0.15) is 0 Å². The van der Waals surface area contributed by atoms with Crippen molar-refractivity contribution in [3.05, 3.63) is 25.3 Å². The first-order valence-electron chi connectivity index (χ1n) is 13.1. The quantitative estimate of drug-likeness (QED) is 0.188. The molecule has 1 heterocycles. The van der Waals surface area contributed by atoms with Gasteiger partial charge in [-0.05, 0) is 59.8 Å². The Morgan fingerprint density at radius 3 is 2.53 bits per heavy atom. The molecule has 0 radical (unpaired) electrons. The van der Waals surface area contributed by atoms with Crippen molar-refractivity contribution in [1.29, 1.82) is 0 Å². The molecular weight excluding hydrogens is 462 g/mol. The van der Waals surface area contributed by atoms with Crippen molar-refractivity contribution in [3.63, 3.8) is 0 Å². The largest absolute Gasteiger partial charge is 0.464 e. The smallest absolute Gasteiger partial charge is 0.407 e. The Morgan fingerprint density at radius 1 is 1.22 bits per heavy atom. The maximum atomic E-state index is 13.3. The third-order valence-electron chi connectivity index (χ3n) is 6.61. The standard InChI is InChI=1S/C27H45N3O6/c1-7-10-11-12-13-14-20(28-25(34)36-26(4,5)6)17-30-18-21(31)15-22(30)23(32)29-27(16-19(27)8-2)24(33)35-9-3/h7-8,19-22,31H,1-2,9-18H2,3-6H3,(H,28,34)(H,29,32)/t19-,20+,21-,22+,27-/m1/s1. The van der Waals surface area contributed by atoms with E-state index in [1.165, 1.54) is 0 Å². The molecule has 2 amide bonds. The number of allylic oxidation sites excluding steroid dienone is 1. The number of β-amino-alcohol motifs (C(OH)–C–C–N with tert-alkyl or cyclic N) is 1. The van der Waals surface area contributed by atoms with Crippen LogP contribution < -0.4 is 10.6 Å². The fourth-order valence-electron chi connectivity index (χ4n) is 4.74. The van der Waals surface area contributed by atoms with Crippen LogP contribution in [0.25, 0.3) is 0 Å². The molecule has 0 unspecified atom stereocenters. The summed E-state index contributed by atoms with van der Waals surface area (Å²) in [5, 5.41) is 16.2. The maximum Gasteiger partial charge on any atom is 0.407 e. The van der Waals surface area contributed by atoms with Gasteiger partial charge in [-0.3, -0.25) is 9.69 Å². The fraction of sp³-hybridized carbons (Fsp3) is 0.741. The van der Waals surface area contributed by atoms with Crippen molar-refractivity contribution in [2.24, 2.45) is 5.92 Å². The van der Waals surface area contributed by atoms with E-state index in [2.05, 4.69) is 23.8 Å². The molecule has 36 heavy (non-hydrogen) atoms. The van der Waals surface area contributed by atoms with Crippen LogP contribution >= 0.6 is 0 Å². The molecule has 3 N–H and O–H groups in total. The molecule has 2 rings (SSSR count). The zero-order chi connectivity index (χ0) is 26.9. The molecule has 9 nitrogen and oxygen atoms in total. The number of carbonyl (C=O) groups excluding carboxylic acids is 3. The molecule has 5 atom stereocenters. The molecule has 1 saturated heterocycles. The van der Waals surface area contributed by atoms with Crippen LogP contribution in [0.4, 0.5) is 4.79 Å². The molecule has 1 aliphatic carbocycles. The molecule has 2 aliphatic rings. The summed E-state index contributed by atoms with van der Waals surface area (Å²) in [6.07, 6.45) is 7.64. The number of nitrogens with one attached hydrogen (secondary N) is 2. The van der Waals surface area contributed by atoms with Crippen LogP contribution in [-0.4, -0.2) is 77.0 Å². The maximum absolute atomic E-state index is 13.3. The predicted octanol–water partition coefficient (Wildman–Crippen LogP) is 3.08. The van der Waals surface area contributed by atoms with Gasteiger partial charge in [-0.25, -0.2) is 9.59 Å². The Labute approximate surface area is 215 Å². The molecule has 204 valence electrons. The topological polar surface area (TPSA) is 117 Å². The second-order valence-corrected chi connectivity index (χ2v) is 10.9. The Kier molecular flexibility index (Phi) is 11.0. The molecule has 0 aromatic rings. The van der Waals surface area contributed by atoms with Crippen LogP contribution in [0.1, 0.15) is 72.6 Å². The van der Waals surface area contributed by atoms with Crippen molar-refractivity contribution in [2.45, 2.75) is 102 Å². The van der Waals surface area contributed by atoms with Crippen molar-refractivity contribution < 1.29 is 29.0 Å². The summed E-state index contributed by atoms with van der Waals surface area (Å²) in [6.45, 7) is 15.6. The van der Waals surface area contributed by atoms with E-state index in [0.29, 0.717) is 25.9 Å². The number of amides is 2. The van der Waals surface area contributed by atoms with Crippen molar-refractivity contribution >= 4 is 18.0 Å². The van der Waals surface area contributed by atoms with Gasteiger partial charge in [-0.1, -0.05) is 25.0 Å². The van der Waals surface area contributed by atoms with Gasteiger partial charge in [-0.15, -0.1) is 13.2 Å². The number of aliphatic hydroxyl groups is 1. The SMILES string of the molecule is C=CCCCCC[C@@H](CN1C[C@H](O)C[C@H]1C(=O)N[C@]1(C(=O)OCC)C[C@H]1C=C)NC(=O)OC(C)(C)C. The minimum absolute atomic E-state index is 0.183. The minimum Gasteiger partial charge on any atom is -0.464 e. The van der Waals surface area contributed by atoms with E-state index >= 15 is 0 Å². The number of aliphatic hydroxyl groups excluding tert-OH is 1. The number of ether oxygens (including phenoxy) is 2. The fourth-order valence-corrected chi connectivity index (χ4v) is 4.74. The molecule has 0 aromatic heterocycles. The average molecular weight is 508 g/mol. The van der Waals surface area contributed by atoms with E-state index < -0.39 is 35.3 Å². The highest BCUT2D eigenvalue weighted by molar-refractivity contribution is 5.93. The van der Waals surface area contributed by atoms with Crippen LogP contribution in [0, 0.1) is 5.92 Å². The minimum atomic E-state index is -1.09. The number of unbranched alkanes of at least 4 members (excludes halogenated alkanes) is 3. The van der Waals surface area contributed by atoms with Gasteiger partial charge in [0.1, 0.15) is 11.1 Å². The second kappa shape index (κ2) is 13.2. The number of likely N-dealkylation sites (tertiary alicyclic amines) is 1. The predicted molar refractivity (Wildman–Crippen MR) is 138 cm³/mol. The highest BCUT2D eigenvalue weighted by atomic mass is 16.6. The van der Waals surface area contributed by atoms with Crippen LogP contribution in [0.2, 0.25) is 0 Å². The molecule has 0 bridgehead atoms. The number of hydrogen-bond donors (Lipinski definition) is 3. The Balaban J connectivity index is 2.08. The van der Waals surface area contributed by atoms with Gasteiger partial charge in [0.05, 0.1) is 18.8 Å². The Bertz CT molecular complexity index is 795. The number of rotatable bonds is 14. The third-order valence-corrected chi connectivity index (χ3v) is 6.61. The number of nitrogens with zero attached hydrogens (tertiary/aromatic N) is 1. The first-order valence-corrected chi connectivity index (χ1v) is 13.1. The molecule has 1 saturated carbocycles. The number of alkyl carbamates (subject to hydrolysis) is 1. The molecule has 9 heteroatoms. The van der Waals surface area contributed by atoms with Crippen molar-refractivity contribution in [2.75, 3.05) is 19.7 Å². The average Bonchev–Trinajstić information content (AvgIpc) is 3.37. The molecule has 1 aliphatic heterocycles. The summed E-state index contributed by atoms with van der Waals surface area (Å²) in [5.74, 6) is -0.972. The normalized spacial score (nSPS) is 26.5. The highest BCUT2D eigenvalue weighted by Gasteiger charge is 2.61. The Hall–Kier alpha value is -2.39. The molecule has 2 fully saturated rings. The lowest BCUT2D eigenvalue weighted by Gasteiger charge is -2.30. The lowest BCUT2D eigenvalue weighted by atomic mass is 10.1. The molecular formula is C27H45N3O6. The monoisotopic (exact) mass is 507 g/mol. The van der Waals surface area contributed by atoms with Crippen LogP contribution in [0.3, 0.4) is 0 Å². The summed E-state index contributed by atoms with van der Waals surface area (Å²) in [6, 6.07) is -0.883. The first kappa shape index (κ1) is 29.8. The van der Waals surface area contributed by atoms with Gasteiger partial charge in [0, 0.05) is 25.0 Å². The van der Waals surface area contributed by atoms with Crippen molar-refractivity contribution in [3.8, 4) is 0 Å². The van der Waals surface area contributed by atoms with Crippen molar-refractivity contribution in [1.82, 2.24) is 15.5 Å².